The van der Waals surface area contributed by atoms with Crippen LogP contribution in [0, 0.1) is 12.7 Å². The molecule has 0 fully saturated rings. The fraction of sp³-hybridized carbons (Fsp3) is 0.286. The number of benzene rings is 1. The predicted molar refractivity (Wildman–Crippen MR) is 80.0 cm³/mol. The van der Waals surface area contributed by atoms with Crippen molar-refractivity contribution in [3.05, 3.63) is 45.0 Å². The normalized spacial score (nSPS) is 10.9. The van der Waals surface area contributed by atoms with E-state index in [4.69, 9.17) is 16.3 Å². The minimum atomic E-state index is -0.384. The van der Waals surface area contributed by atoms with Crippen LogP contribution < -0.4 is 4.74 Å². The van der Waals surface area contributed by atoms with Crippen LogP contribution in [0.15, 0.2) is 22.7 Å². The van der Waals surface area contributed by atoms with Gasteiger partial charge in [-0.05, 0) is 35.0 Å². The van der Waals surface area contributed by atoms with Crippen LogP contribution in [0.4, 0.5) is 4.39 Å². The number of hydrogen-bond donors (Lipinski definition) is 0. The quantitative estimate of drug-likeness (QED) is 0.702. The van der Waals surface area contributed by atoms with Crippen molar-refractivity contribution in [2.75, 3.05) is 0 Å². The maximum absolute atomic E-state index is 13.3. The molecule has 0 aliphatic heterocycles. The van der Waals surface area contributed by atoms with Crippen LogP contribution >= 0.6 is 27.5 Å². The molecule has 3 nitrogen and oxygen atoms in total. The molecule has 0 spiro atoms. The maximum atomic E-state index is 13.3. The molecule has 0 saturated heterocycles. The molecule has 2 aromatic rings. The van der Waals surface area contributed by atoms with Crippen molar-refractivity contribution in [3.8, 4) is 11.6 Å². The summed E-state index contributed by atoms with van der Waals surface area (Å²) in [6.45, 7) is 5.68. The highest BCUT2D eigenvalue weighted by Gasteiger charge is 2.15. The highest BCUT2D eigenvalue weighted by molar-refractivity contribution is 9.10. The van der Waals surface area contributed by atoms with Crippen LogP contribution in [0.25, 0.3) is 0 Å². The third-order valence-electron chi connectivity index (χ3n) is 2.68. The molecule has 0 amide bonds. The van der Waals surface area contributed by atoms with E-state index in [1.807, 2.05) is 13.8 Å². The van der Waals surface area contributed by atoms with Gasteiger partial charge < -0.3 is 4.74 Å². The van der Waals surface area contributed by atoms with Crippen molar-refractivity contribution in [2.45, 2.75) is 26.7 Å². The molecule has 1 heterocycles. The first-order chi connectivity index (χ1) is 9.38. The smallest absolute Gasteiger partial charge is 0.227 e. The van der Waals surface area contributed by atoms with E-state index in [1.54, 1.807) is 13.0 Å². The summed E-state index contributed by atoms with van der Waals surface area (Å²) in [4.78, 5) is 8.54. The second-order valence-electron chi connectivity index (χ2n) is 4.63. The lowest BCUT2D eigenvalue weighted by Crippen LogP contribution is -2.03. The van der Waals surface area contributed by atoms with Crippen LogP contribution in [0.5, 0.6) is 11.6 Å². The SMILES string of the molecule is Cc1c(Cl)nc(C(C)C)nc1Oc1cc(F)ccc1Br. The molecule has 2 rings (SSSR count). The average molecular weight is 360 g/mol. The maximum Gasteiger partial charge on any atom is 0.227 e. The summed E-state index contributed by atoms with van der Waals surface area (Å²) >= 11 is 9.39. The first-order valence-electron chi connectivity index (χ1n) is 6.05. The number of nitrogens with zero attached hydrogens (tertiary/aromatic N) is 2. The lowest BCUT2D eigenvalue weighted by molar-refractivity contribution is 0.445. The van der Waals surface area contributed by atoms with Gasteiger partial charge in [-0.15, -0.1) is 0 Å². The Kier molecular flexibility index (Phi) is 4.60. The van der Waals surface area contributed by atoms with Crippen molar-refractivity contribution in [1.29, 1.82) is 0 Å². The van der Waals surface area contributed by atoms with Gasteiger partial charge in [-0.3, -0.25) is 0 Å². The van der Waals surface area contributed by atoms with Crippen molar-refractivity contribution in [1.82, 2.24) is 9.97 Å². The zero-order valence-electron chi connectivity index (χ0n) is 11.2. The molecule has 20 heavy (non-hydrogen) atoms. The summed E-state index contributed by atoms with van der Waals surface area (Å²) in [7, 11) is 0. The molecule has 0 N–H and O–H groups in total. The van der Waals surface area contributed by atoms with Crippen molar-refractivity contribution < 1.29 is 9.13 Å². The molecule has 106 valence electrons. The van der Waals surface area contributed by atoms with Crippen molar-refractivity contribution in [3.63, 3.8) is 0 Å². The number of hydrogen-bond acceptors (Lipinski definition) is 3. The Morgan fingerprint density at radius 3 is 2.65 bits per heavy atom. The van der Waals surface area contributed by atoms with E-state index >= 15 is 0 Å². The third kappa shape index (κ3) is 3.27. The molecule has 0 radical (unpaired) electrons. The summed E-state index contributed by atoms with van der Waals surface area (Å²) in [6, 6.07) is 4.21. The fourth-order valence-electron chi connectivity index (χ4n) is 1.50. The predicted octanol–water partition coefficient (Wildman–Crippen LogP) is 5.26. The molecule has 1 aromatic heterocycles. The molecular formula is C14H13BrClFN2O. The molecule has 0 aliphatic rings. The first kappa shape index (κ1) is 15.2. The molecule has 0 bridgehead atoms. The molecular weight excluding hydrogens is 347 g/mol. The number of aromatic nitrogens is 2. The van der Waals surface area contributed by atoms with E-state index in [0.717, 1.165) is 0 Å². The van der Waals surface area contributed by atoms with Gasteiger partial charge in [0.15, 0.2) is 0 Å². The molecule has 0 atom stereocenters. The molecule has 1 aromatic carbocycles. The largest absolute Gasteiger partial charge is 0.437 e. The Labute approximate surface area is 130 Å². The van der Waals surface area contributed by atoms with Crippen molar-refractivity contribution >= 4 is 27.5 Å². The van der Waals surface area contributed by atoms with Crippen LogP contribution in [0.1, 0.15) is 31.2 Å². The van der Waals surface area contributed by atoms with Gasteiger partial charge in [-0.1, -0.05) is 25.4 Å². The van der Waals surface area contributed by atoms with Crippen LogP contribution in [0.2, 0.25) is 5.15 Å². The van der Waals surface area contributed by atoms with E-state index in [0.29, 0.717) is 32.6 Å². The molecule has 6 heteroatoms. The Bertz CT molecular complexity index is 649. The van der Waals surface area contributed by atoms with Gasteiger partial charge in [0, 0.05) is 17.5 Å². The standard InChI is InChI=1S/C14H13BrClFN2O/c1-7(2)13-18-12(16)8(3)14(19-13)20-11-6-9(17)4-5-10(11)15/h4-7H,1-3H3. The van der Waals surface area contributed by atoms with Gasteiger partial charge in [0.2, 0.25) is 5.88 Å². The second kappa shape index (κ2) is 6.06. The topological polar surface area (TPSA) is 35.0 Å². The zero-order valence-corrected chi connectivity index (χ0v) is 13.6. The highest BCUT2D eigenvalue weighted by Crippen LogP contribution is 2.33. The summed E-state index contributed by atoms with van der Waals surface area (Å²) in [5.41, 5.74) is 0.618. The monoisotopic (exact) mass is 358 g/mol. The lowest BCUT2D eigenvalue weighted by Gasteiger charge is -2.13. The van der Waals surface area contributed by atoms with Gasteiger partial charge in [0.25, 0.3) is 0 Å². The first-order valence-corrected chi connectivity index (χ1v) is 7.22. The number of halogens is 3. The van der Waals surface area contributed by atoms with Gasteiger partial charge >= 0.3 is 0 Å². The van der Waals surface area contributed by atoms with E-state index in [1.165, 1.54) is 12.1 Å². The van der Waals surface area contributed by atoms with E-state index in [2.05, 4.69) is 25.9 Å². The molecule has 0 saturated carbocycles. The summed E-state index contributed by atoms with van der Waals surface area (Å²) in [6.07, 6.45) is 0. The van der Waals surface area contributed by atoms with E-state index in [9.17, 15) is 4.39 Å². The minimum absolute atomic E-state index is 0.117. The Hall–Kier alpha value is -1.20. The van der Waals surface area contributed by atoms with Gasteiger partial charge in [0.05, 0.1) is 4.47 Å². The van der Waals surface area contributed by atoms with Crippen LogP contribution in [-0.4, -0.2) is 9.97 Å². The number of ether oxygens (including phenoxy) is 1. The Morgan fingerprint density at radius 2 is 2.00 bits per heavy atom. The molecule has 0 unspecified atom stereocenters. The third-order valence-corrected chi connectivity index (χ3v) is 3.70. The second-order valence-corrected chi connectivity index (χ2v) is 5.85. The summed E-state index contributed by atoms with van der Waals surface area (Å²) in [5, 5.41) is 0.339. The highest BCUT2D eigenvalue weighted by atomic mass is 79.9. The van der Waals surface area contributed by atoms with Gasteiger partial charge in [0.1, 0.15) is 22.5 Å². The number of rotatable bonds is 3. The van der Waals surface area contributed by atoms with Crippen molar-refractivity contribution in [2.24, 2.45) is 0 Å². The lowest BCUT2D eigenvalue weighted by atomic mass is 10.2. The Morgan fingerprint density at radius 1 is 1.30 bits per heavy atom. The zero-order chi connectivity index (χ0) is 14.9. The average Bonchev–Trinajstić information content (AvgIpc) is 2.38. The Balaban J connectivity index is 2.45. The van der Waals surface area contributed by atoms with Crippen LogP contribution in [-0.2, 0) is 0 Å². The summed E-state index contributed by atoms with van der Waals surface area (Å²) in [5.74, 6) is 0.997. The minimum Gasteiger partial charge on any atom is -0.437 e. The summed E-state index contributed by atoms with van der Waals surface area (Å²) < 4.78 is 19.6. The fourth-order valence-corrected chi connectivity index (χ4v) is 2.00. The van der Waals surface area contributed by atoms with Gasteiger partial charge in [-0.2, -0.15) is 4.98 Å². The van der Waals surface area contributed by atoms with Gasteiger partial charge in [-0.25, -0.2) is 9.37 Å². The molecule has 0 aliphatic carbocycles. The van der Waals surface area contributed by atoms with Crippen LogP contribution in [0.3, 0.4) is 0 Å². The van der Waals surface area contributed by atoms with E-state index in [-0.39, 0.29) is 11.7 Å². The van der Waals surface area contributed by atoms with E-state index < -0.39 is 0 Å².